The van der Waals surface area contributed by atoms with Crippen LogP contribution in [0.3, 0.4) is 0 Å². The van der Waals surface area contributed by atoms with E-state index in [4.69, 9.17) is 34.7 Å². The van der Waals surface area contributed by atoms with Crippen LogP contribution in [0, 0.1) is 11.6 Å². The first-order valence-corrected chi connectivity index (χ1v) is 8.97. The van der Waals surface area contributed by atoms with Crippen LogP contribution in [0.2, 0.25) is 10.0 Å². The number of anilines is 3. The number of carbonyl (C=O) groups is 2. The number of hydrogen-bond donors (Lipinski definition) is 2. The third kappa shape index (κ3) is 2.90. The summed E-state index contributed by atoms with van der Waals surface area (Å²) in [5.74, 6) is -2.84. The van der Waals surface area contributed by atoms with E-state index in [1.165, 1.54) is 12.1 Å². The Kier molecular flexibility index (Phi) is 4.44. The molecule has 1 aliphatic heterocycles. The van der Waals surface area contributed by atoms with E-state index in [1.807, 2.05) is 0 Å². The van der Waals surface area contributed by atoms with E-state index in [0.717, 1.165) is 23.1 Å². The fourth-order valence-corrected chi connectivity index (χ4v) is 3.71. The van der Waals surface area contributed by atoms with E-state index in [1.54, 1.807) is 12.1 Å². The molecule has 1 aliphatic rings. The minimum atomic E-state index is -0.774. The standard InChI is InChI=1S/C20H11Cl2F2N3O2/c21-11-5-13(23)15(25)4-10(11)8-2-1-3-9-18(8)20(29)27(19(9)28)17-7-16(26)14(24)6-12(17)22/h1-7H,25-26H2. The SMILES string of the molecule is Nc1cc(-c2cccc3c2C(=O)N(c2cc(N)c(F)cc2Cl)C3=O)c(Cl)cc1F. The quantitative estimate of drug-likeness (QED) is 0.444. The van der Waals surface area contributed by atoms with Gasteiger partial charge in [0.05, 0.1) is 38.2 Å². The largest absolute Gasteiger partial charge is 0.396 e. The van der Waals surface area contributed by atoms with Crippen molar-refractivity contribution in [3.05, 3.63) is 75.3 Å². The summed E-state index contributed by atoms with van der Waals surface area (Å²) in [5, 5.41) is -0.135. The van der Waals surface area contributed by atoms with Crippen molar-refractivity contribution in [1.82, 2.24) is 0 Å². The summed E-state index contributed by atoms with van der Waals surface area (Å²) in [5.41, 5.74) is 11.5. The molecule has 0 fully saturated rings. The topological polar surface area (TPSA) is 89.4 Å². The van der Waals surface area contributed by atoms with Crippen LogP contribution in [0.1, 0.15) is 20.7 Å². The van der Waals surface area contributed by atoms with Crippen LogP contribution >= 0.6 is 23.2 Å². The van der Waals surface area contributed by atoms with E-state index in [0.29, 0.717) is 5.56 Å². The molecule has 9 heteroatoms. The summed E-state index contributed by atoms with van der Waals surface area (Å²) in [6, 6.07) is 8.93. The number of fused-ring (bicyclic) bond motifs is 1. The number of carbonyl (C=O) groups excluding carboxylic acids is 2. The third-order valence-electron chi connectivity index (χ3n) is 4.60. The third-order valence-corrected chi connectivity index (χ3v) is 5.21. The molecule has 0 bridgehead atoms. The van der Waals surface area contributed by atoms with Crippen LogP contribution in [-0.2, 0) is 0 Å². The van der Waals surface area contributed by atoms with Gasteiger partial charge in [-0.25, -0.2) is 13.7 Å². The molecule has 0 aromatic heterocycles. The average Bonchev–Trinajstić information content (AvgIpc) is 2.92. The van der Waals surface area contributed by atoms with E-state index in [9.17, 15) is 18.4 Å². The molecule has 0 radical (unpaired) electrons. The van der Waals surface area contributed by atoms with Gasteiger partial charge in [-0.3, -0.25) is 9.59 Å². The monoisotopic (exact) mass is 433 g/mol. The van der Waals surface area contributed by atoms with Gasteiger partial charge in [0, 0.05) is 5.56 Å². The normalized spacial score (nSPS) is 13.2. The van der Waals surface area contributed by atoms with Crippen molar-refractivity contribution in [3.8, 4) is 11.1 Å². The molecule has 0 aliphatic carbocycles. The van der Waals surface area contributed by atoms with Gasteiger partial charge in [-0.1, -0.05) is 35.3 Å². The number of rotatable bonds is 2. The fourth-order valence-electron chi connectivity index (χ4n) is 3.23. The first-order chi connectivity index (χ1) is 13.7. The Morgan fingerprint density at radius 2 is 1.34 bits per heavy atom. The van der Waals surface area contributed by atoms with Crippen molar-refractivity contribution in [2.24, 2.45) is 0 Å². The van der Waals surface area contributed by atoms with E-state index >= 15 is 0 Å². The highest BCUT2D eigenvalue weighted by atomic mass is 35.5. The molecule has 146 valence electrons. The molecule has 2 amide bonds. The van der Waals surface area contributed by atoms with Crippen molar-refractivity contribution < 1.29 is 18.4 Å². The first-order valence-electron chi connectivity index (χ1n) is 8.22. The first kappa shape index (κ1) is 19.2. The zero-order valence-electron chi connectivity index (χ0n) is 14.5. The summed E-state index contributed by atoms with van der Waals surface area (Å²) in [4.78, 5) is 26.9. The number of amides is 2. The zero-order valence-corrected chi connectivity index (χ0v) is 16.0. The number of hydrogen-bond acceptors (Lipinski definition) is 4. The van der Waals surface area contributed by atoms with Gasteiger partial charge >= 0.3 is 0 Å². The lowest BCUT2D eigenvalue weighted by Crippen LogP contribution is -2.30. The van der Waals surface area contributed by atoms with Crippen LogP contribution in [0.15, 0.2) is 42.5 Å². The fraction of sp³-hybridized carbons (Fsp3) is 0. The Balaban J connectivity index is 1.92. The molecule has 0 saturated heterocycles. The van der Waals surface area contributed by atoms with Gasteiger partial charge in [0.15, 0.2) is 0 Å². The number of halogens is 4. The molecular formula is C20H11Cl2F2N3O2. The zero-order chi connectivity index (χ0) is 21.0. The highest BCUT2D eigenvalue weighted by Crippen LogP contribution is 2.41. The highest BCUT2D eigenvalue weighted by molar-refractivity contribution is 6.41. The molecule has 3 aromatic carbocycles. The number of nitrogens with zero attached hydrogens (tertiary/aromatic N) is 1. The second kappa shape index (κ2) is 6.72. The van der Waals surface area contributed by atoms with Crippen molar-refractivity contribution in [2.45, 2.75) is 0 Å². The minimum Gasteiger partial charge on any atom is -0.396 e. The summed E-state index contributed by atoms with van der Waals surface area (Å²) in [6.45, 7) is 0. The predicted octanol–water partition coefficient (Wildman–Crippen LogP) is 4.90. The molecule has 1 heterocycles. The molecule has 0 saturated carbocycles. The Morgan fingerprint density at radius 3 is 2.03 bits per heavy atom. The van der Waals surface area contributed by atoms with Crippen LogP contribution in [0.4, 0.5) is 25.8 Å². The second-order valence-electron chi connectivity index (χ2n) is 6.35. The summed E-state index contributed by atoms with van der Waals surface area (Å²) in [6.07, 6.45) is 0. The van der Waals surface area contributed by atoms with Crippen molar-refractivity contribution in [2.75, 3.05) is 16.4 Å². The second-order valence-corrected chi connectivity index (χ2v) is 7.17. The molecule has 0 spiro atoms. The number of nitrogens with two attached hydrogens (primary N) is 2. The summed E-state index contributed by atoms with van der Waals surface area (Å²) in [7, 11) is 0. The van der Waals surface area contributed by atoms with Crippen molar-refractivity contribution in [1.29, 1.82) is 0 Å². The van der Waals surface area contributed by atoms with E-state index in [-0.39, 0.29) is 43.8 Å². The van der Waals surface area contributed by atoms with Gasteiger partial charge in [0.1, 0.15) is 11.6 Å². The van der Waals surface area contributed by atoms with E-state index < -0.39 is 23.4 Å². The van der Waals surface area contributed by atoms with Crippen molar-refractivity contribution >= 4 is 52.1 Å². The van der Waals surface area contributed by atoms with E-state index in [2.05, 4.69) is 0 Å². The lowest BCUT2D eigenvalue weighted by molar-refractivity contribution is 0.0926. The van der Waals surface area contributed by atoms with Gasteiger partial charge in [-0.15, -0.1) is 0 Å². The number of imide groups is 1. The van der Waals surface area contributed by atoms with Crippen LogP contribution in [0.25, 0.3) is 11.1 Å². The molecule has 29 heavy (non-hydrogen) atoms. The minimum absolute atomic E-state index is 0.0212. The smallest absolute Gasteiger partial charge is 0.266 e. The summed E-state index contributed by atoms with van der Waals surface area (Å²) < 4.78 is 27.3. The molecule has 0 unspecified atom stereocenters. The van der Waals surface area contributed by atoms with Gasteiger partial charge in [-0.05, 0) is 35.9 Å². The maximum atomic E-state index is 13.7. The number of nitrogen functional groups attached to an aromatic ring is 2. The van der Waals surface area contributed by atoms with Gasteiger partial charge < -0.3 is 11.5 Å². The summed E-state index contributed by atoms with van der Waals surface area (Å²) >= 11 is 12.2. The molecule has 3 aromatic rings. The Bertz CT molecular complexity index is 1230. The molecule has 4 N–H and O–H groups in total. The molecule has 0 atom stereocenters. The Hall–Kier alpha value is -3.16. The van der Waals surface area contributed by atoms with Crippen LogP contribution < -0.4 is 16.4 Å². The van der Waals surface area contributed by atoms with Crippen LogP contribution in [-0.4, -0.2) is 11.8 Å². The average molecular weight is 434 g/mol. The van der Waals surface area contributed by atoms with Crippen LogP contribution in [0.5, 0.6) is 0 Å². The van der Waals surface area contributed by atoms with Crippen molar-refractivity contribution in [3.63, 3.8) is 0 Å². The number of benzene rings is 3. The van der Waals surface area contributed by atoms with Gasteiger partial charge in [0.2, 0.25) is 0 Å². The maximum absolute atomic E-state index is 13.7. The Morgan fingerprint density at radius 1 is 0.759 bits per heavy atom. The molecular weight excluding hydrogens is 423 g/mol. The lowest BCUT2D eigenvalue weighted by Gasteiger charge is -2.17. The van der Waals surface area contributed by atoms with Gasteiger partial charge in [0.25, 0.3) is 11.8 Å². The Labute approximate surface area is 173 Å². The maximum Gasteiger partial charge on any atom is 0.266 e. The highest BCUT2D eigenvalue weighted by Gasteiger charge is 2.40. The van der Waals surface area contributed by atoms with Gasteiger partial charge in [-0.2, -0.15) is 0 Å². The lowest BCUT2D eigenvalue weighted by atomic mass is 9.96. The molecule has 5 nitrogen and oxygen atoms in total. The molecule has 4 rings (SSSR count). The predicted molar refractivity (Wildman–Crippen MR) is 108 cm³/mol.